The van der Waals surface area contributed by atoms with Crippen molar-refractivity contribution in [1.82, 2.24) is 20.4 Å². The van der Waals surface area contributed by atoms with Gasteiger partial charge in [0.05, 0.1) is 5.39 Å². The first-order chi connectivity index (χ1) is 15.2. The lowest BCUT2D eigenvalue weighted by atomic mass is 10.0. The highest BCUT2D eigenvalue weighted by molar-refractivity contribution is 5.97. The third-order valence-corrected chi connectivity index (χ3v) is 5.11. The Balaban J connectivity index is 1.70. The molecule has 2 N–H and O–H groups in total. The lowest BCUT2D eigenvalue weighted by molar-refractivity contribution is -0.123. The Kier molecular flexibility index (Phi) is 6.92. The van der Waals surface area contributed by atoms with Crippen LogP contribution in [-0.4, -0.2) is 28.0 Å². The highest BCUT2D eigenvalue weighted by atomic mass is 16.5. The van der Waals surface area contributed by atoms with Gasteiger partial charge in [-0.05, 0) is 56.0 Å². The Labute approximate surface area is 186 Å². The van der Waals surface area contributed by atoms with E-state index >= 15 is 0 Å². The number of fused-ring (bicyclic) bond motifs is 1. The van der Waals surface area contributed by atoms with Crippen LogP contribution in [-0.2, 0) is 11.3 Å². The van der Waals surface area contributed by atoms with Gasteiger partial charge < -0.3 is 9.30 Å². The molecule has 168 valence electrons. The molecule has 0 aliphatic rings. The topological polar surface area (TPSA) is 102 Å². The van der Waals surface area contributed by atoms with Crippen molar-refractivity contribution >= 4 is 22.8 Å². The molecule has 2 heterocycles. The van der Waals surface area contributed by atoms with Gasteiger partial charge in [0.2, 0.25) is 5.43 Å². The number of aromatic nitrogens is 2. The van der Waals surface area contributed by atoms with E-state index in [1.54, 1.807) is 16.7 Å². The molecule has 1 aromatic carbocycles. The molecule has 0 saturated heterocycles. The molecule has 0 unspecified atom stereocenters. The van der Waals surface area contributed by atoms with Gasteiger partial charge in [-0.25, -0.2) is 4.98 Å². The highest BCUT2D eigenvalue weighted by Gasteiger charge is 2.17. The second-order valence-corrected chi connectivity index (χ2v) is 7.97. The van der Waals surface area contributed by atoms with E-state index in [0.717, 1.165) is 16.8 Å². The number of hydrogen-bond donors (Lipinski definition) is 2. The molecule has 0 atom stereocenters. The maximum atomic E-state index is 12.8. The first kappa shape index (κ1) is 23.0. The van der Waals surface area contributed by atoms with Crippen LogP contribution in [0, 0.1) is 13.8 Å². The van der Waals surface area contributed by atoms with Gasteiger partial charge in [0.1, 0.15) is 17.0 Å². The van der Waals surface area contributed by atoms with Gasteiger partial charge in [-0.15, -0.1) is 0 Å². The summed E-state index contributed by atoms with van der Waals surface area (Å²) in [5.74, 6) is -0.375. The molecule has 0 fully saturated rings. The van der Waals surface area contributed by atoms with E-state index in [1.165, 1.54) is 6.20 Å². The Morgan fingerprint density at radius 1 is 1.12 bits per heavy atom. The van der Waals surface area contributed by atoms with E-state index in [-0.39, 0.29) is 18.1 Å². The number of carbonyl (C=O) groups excluding carboxylic acids is 2. The lowest BCUT2D eigenvalue weighted by Gasteiger charge is -2.15. The Hall–Kier alpha value is -3.68. The van der Waals surface area contributed by atoms with Gasteiger partial charge in [0.15, 0.2) is 6.61 Å². The van der Waals surface area contributed by atoms with Crippen molar-refractivity contribution in [2.75, 3.05) is 6.61 Å². The number of rotatable bonds is 6. The monoisotopic (exact) mass is 436 g/mol. The van der Waals surface area contributed by atoms with Crippen LogP contribution in [0.15, 0.2) is 41.3 Å². The summed E-state index contributed by atoms with van der Waals surface area (Å²) in [7, 11) is 0. The minimum absolute atomic E-state index is 0.0769. The molecule has 3 rings (SSSR count). The fraction of sp³-hybridized carbons (Fsp3) is 0.333. The summed E-state index contributed by atoms with van der Waals surface area (Å²) in [4.78, 5) is 42.0. The third-order valence-electron chi connectivity index (χ3n) is 5.11. The number of benzene rings is 1. The Bertz CT molecular complexity index is 1230. The average Bonchev–Trinajstić information content (AvgIpc) is 2.76. The molecule has 0 aliphatic carbocycles. The van der Waals surface area contributed by atoms with Crippen LogP contribution in [0.4, 0.5) is 0 Å². The third kappa shape index (κ3) is 4.96. The number of hydrogen-bond acceptors (Lipinski definition) is 5. The summed E-state index contributed by atoms with van der Waals surface area (Å²) in [6.07, 6.45) is 1.46. The molecule has 3 aromatic rings. The van der Waals surface area contributed by atoms with Crippen molar-refractivity contribution in [1.29, 1.82) is 0 Å². The number of nitrogens with zero attached hydrogens (tertiary/aromatic N) is 2. The fourth-order valence-corrected chi connectivity index (χ4v) is 3.38. The first-order valence-electron chi connectivity index (χ1n) is 10.5. The average molecular weight is 437 g/mol. The molecule has 0 aliphatic heterocycles. The fourth-order valence-electron chi connectivity index (χ4n) is 3.38. The van der Waals surface area contributed by atoms with E-state index in [2.05, 4.69) is 15.8 Å². The maximum absolute atomic E-state index is 12.8. The highest BCUT2D eigenvalue weighted by Crippen LogP contribution is 2.27. The largest absolute Gasteiger partial charge is 0.483 e. The summed E-state index contributed by atoms with van der Waals surface area (Å²) in [5.41, 5.74) is 7.40. The summed E-state index contributed by atoms with van der Waals surface area (Å²) in [6.45, 7) is 10.0. The number of pyridine rings is 2. The second-order valence-electron chi connectivity index (χ2n) is 7.97. The number of carbonyl (C=O) groups is 2. The van der Waals surface area contributed by atoms with Crippen LogP contribution in [0.5, 0.6) is 5.75 Å². The van der Waals surface area contributed by atoms with Gasteiger partial charge in [-0.2, -0.15) is 0 Å². The maximum Gasteiger partial charge on any atom is 0.276 e. The first-order valence-corrected chi connectivity index (χ1v) is 10.5. The van der Waals surface area contributed by atoms with Gasteiger partial charge in [0.25, 0.3) is 11.8 Å². The lowest BCUT2D eigenvalue weighted by Crippen LogP contribution is -2.45. The van der Waals surface area contributed by atoms with Gasteiger partial charge in [-0.1, -0.05) is 26.0 Å². The Morgan fingerprint density at radius 3 is 2.56 bits per heavy atom. The van der Waals surface area contributed by atoms with Gasteiger partial charge in [0, 0.05) is 18.4 Å². The van der Waals surface area contributed by atoms with E-state index in [9.17, 15) is 14.4 Å². The molecule has 0 bridgehead atoms. The zero-order chi connectivity index (χ0) is 23.4. The molecular weight excluding hydrogens is 408 g/mol. The number of ether oxygens (including phenoxy) is 1. The van der Waals surface area contributed by atoms with Crippen LogP contribution >= 0.6 is 0 Å². The summed E-state index contributed by atoms with van der Waals surface area (Å²) < 4.78 is 7.40. The molecule has 2 amide bonds. The normalized spacial score (nSPS) is 10.9. The van der Waals surface area contributed by atoms with Crippen molar-refractivity contribution < 1.29 is 14.3 Å². The quantitative estimate of drug-likeness (QED) is 0.579. The molecule has 0 radical (unpaired) electrons. The predicted molar refractivity (Wildman–Crippen MR) is 123 cm³/mol. The number of aryl methyl sites for hydroxylation is 3. The van der Waals surface area contributed by atoms with Crippen LogP contribution < -0.4 is 21.0 Å². The van der Waals surface area contributed by atoms with Crippen LogP contribution in [0.3, 0.4) is 0 Å². The molecular formula is C24H28N4O4. The standard InChI is InChI=1S/C24H28N4O4/c1-6-28-12-19(22(30)18-10-8-16(5)25-23(18)28)24(31)27-26-21(29)13-32-20-11-15(4)7-9-17(20)14(2)3/h7-12,14H,6,13H2,1-5H3,(H,26,29)(H,27,31). The van der Waals surface area contributed by atoms with E-state index in [4.69, 9.17) is 4.74 Å². The summed E-state index contributed by atoms with van der Waals surface area (Å²) in [5, 5.41) is 0.348. The van der Waals surface area contributed by atoms with E-state index in [1.807, 2.05) is 52.8 Å². The minimum atomic E-state index is -0.702. The van der Waals surface area contributed by atoms with E-state index < -0.39 is 17.2 Å². The van der Waals surface area contributed by atoms with Gasteiger partial charge >= 0.3 is 0 Å². The van der Waals surface area contributed by atoms with Crippen molar-refractivity contribution in [3.05, 3.63) is 69.1 Å². The zero-order valence-electron chi connectivity index (χ0n) is 19.0. The zero-order valence-corrected chi connectivity index (χ0v) is 19.0. The van der Waals surface area contributed by atoms with Crippen molar-refractivity contribution in [2.45, 2.75) is 47.1 Å². The van der Waals surface area contributed by atoms with Crippen LogP contribution in [0.25, 0.3) is 11.0 Å². The van der Waals surface area contributed by atoms with Crippen molar-refractivity contribution in [3.63, 3.8) is 0 Å². The summed E-state index contributed by atoms with van der Waals surface area (Å²) >= 11 is 0. The van der Waals surface area contributed by atoms with Crippen LogP contribution in [0.2, 0.25) is 0 Å². The second kappa shape index (κ2) is 9.64. The smallest absolute Gasteiger partial charge is 0.276 e. The molecule has 8 nitrogen and oxygen atoms in total. The number of amides is 2. The SMILES string of the molecule is CCn1cc(C(=O)NNC(=O)COc2cc(C)ccc2C(C)C)c(=O)c2ccc(C)nc21. The van der Waals surface area contributed by atoms with Gasteiger partial charge in [-0.3, -0.25) is 25.2 Å². The number of hydrazine groups is 1. The Morgan fingerprint density at radius 2 is 1.88 bits per heavy atom. The number of nitrogens with one attached hydrogen (secondary N) is 2. The predicted octanol–water partition coefficient (Wildman–Crippen LogP) is 3.00. The molecule has 8 heteroatoms. The molecule has 0 saturated carbocycles. The summed E-state index contributed by atoms with van der Waals surface area (Å²) in [6, 6.07) is 9.22. The van der Waals surface area contributed by atoms with E-state index in [0.29, 0.717) is 23.3 Å². The molecule has 0 spiro atoms. The van der Waals surface area contributed by atoms with Crippen LogP contribution in [0.1, 0.15) is 53.9 Å². The molecule has 32 heavy (non-hydrogen) atoms. The minimum Gasteiger partial charge on any atom is -0.483 e. The molecule has 2 aromatic heterocycles. The van der Waals surface area contributed by atoms with Crippen molar-refractivity contribution in [2.24, 2.45) is 0 Å². The van der Waals surface area contributed by atoms with Crippen molar-refractivity contribution in [3.8, 4) is 5.75 Å².